The van der Waals surface area contributed by atoms with Gasteiger partial charge in [0.05, 0.1) is 12.3 Å². The first-order chi connectivity index (χ1) is 6.77. The lowest BCUT2D eigenvalue weighted by Crippen LogP contribution is -2.44. The van der Waals surface area contributed by atoms with Crippen molar-refractivity contribution < 1.29 is 34.3 Å². The van der Waals surface area contributed by atoms with Crippen molar-refractivity contribution >= 4 is 26.4 Å². The topological polar surface area (TPSA) is 129 Å². The molecule has 0 aliphatic heterocycles. The molecule has 0 saturated heterocycles. The Kier molecular flexibility index (Phi) is 4.36. The van der Waals surface area contributed by atoms with E-state index in [2.05, 4.69) is 0 Å². The molecular formula is C7H9O7P. The minimum Gasteiger partial charge on any atom is -0.481 e. The van der Waals surface area contributed by atoms with Crippen LogP contribution in [0.2, 0.25) is 0 Å². The molecule has 0 saturated carbocycles. The van der Waals surface area contributed by atoms with E-state index in [0.717, 1.165) is 6.92 Å². The second-order valence-electron chi connectivity index (χ2n) is 2.95. The highest BCUT2D eigenvalue weighted by Crippen LogP contribution is 2.36. The highest BCUT2D eigenvalue weighted by atomic mass is 31.1. The third kappa shape index (κ3) is 2.73. The van der Waals surface area contributed by atoms with E-state index in [4.69, 9.17) is 15.3 Å². The van der Waals surface area contributed by atoms with Gasteiger partial charge in [-0.15, -0.1) is 0 Å². The highest BCUT2D eigenvalue weighted by Gasteiger charge is 2.50. The molecule has 0 bridgehead atoms. The molecule has 0 radical (unpaired) electrons. The first-order valence-corrected chi connectivity index (χ1v) is 4.61. The third-order valence-corrected chi connectivity index (χ3v) is 3.10. The van der Waals surface area contributed by atoms with E-state index in [1.54, 1.807) is 0 Å². The van der Waals surface area contributed by atoms with Crippen molar-refractivity contribution in [3.63, 3.8) is 0 Å². The fraction of sp³-hybridized carbons (Fsp3) is 0.571. The normalized spacial score (nSPS) is 16.6. The van der Waals surface area contributed by atoms with E-state index in [0.29, 0.717) is 0 Å². The molecule has 0 heterocycles. The van der Waals surface area contributed by atoms with Crippen LogP contribution in [0.3, 0.4) is 0 Å². The maximum atomic E-state index is 10.8. The first-order valence-electron chi connectivity index (χ1n) is 3.80. The Bertz CT molecular complexity index is 312. The minimum atomic E-state index is -2.32. The van der Waals surface area contributed by atoms with Crippen molar-refractivity contribution in [3.8, 4) is 0 Å². The second-order valence-corrected chi connectivity index (χ2v) is 3.93. The van der Waals surface area contributed by atoms with Gasteiger partial charge in [0, 0.05) is 0 Å². The fourth-order valence-electron chi connectivity index (χ4n) is 0.999. The van der Waals surface area contributed by atoms with Crippen LogP contribution in [-0.4, -0.2) is 38.4 Å². The molecule has 0 amide bonds. The monoisotopic (exact) mass is 236 g/mol. The Morgan fingerprint density at radius 2 is 1.73 bits per heavy atom. The van der Waals surface area contributed by atoms with Gasteiger partial charge in [0.2, 0.25) is 0 Å². The van der Waals surface area contributed by atoms with Crippen LogP contribution in [0.5, 0.6) is 0 Å². The Morgan fingerprint density at radius 1 is 1.27 bits per heavy atom. The molecule has 2 atom stereocenters. The lowest BCUT2D eigenvalue weighted by Gasteiger charge is -2.23. The van der Waals surface area contributed by atoms with E-state index >= 15 is 0 Å². The molecule has 0 aromatic heterocycles. The zero-order valence-corrected chi connectivity index (χ0v) is 8.60. The van der Waals surface area contributed by atoms with Gasteiger partial charge in [0.15, 0.2) is 13.6 Å². The van der Waals surface area contributed by atoms with Crippen LogP contribution in [0.25, 0.3) is 0 Å². The van der Waals surface area contributed by atoms with Gasteiger partial charge in [0.1, 0.15) is 0 Å². The van der Waals surface area contributed by atoms with Crippen molar-refractivity contribution in [2.75, 3.05) is 0 Å². The largest absolute Gasteiger partial charge is 0.481 e. The number of rotatable bonds is 6. The van der Waals surface area contributed by atoms with E-state index in [1.165, 1.54) is 0 Å². The summed E-state index contributed by atoms with van der Waals surface area (Å²) >= 11 is 0. The molecule has 0 spiro atoms. The number of carbonyl (C=O) groups is 3. The summed E-state index contributed by atoms with van der Waals surface area (Å²) < 4.78 is 10.7. The first kappa shape index (κ1) is 13.5. The minimum absolute atomic E-state index is 1.00. The summed E-state index contributed by atoms with van der Waals surface area (Å²) in [6.45, 7) is 1.00. The van der Waals surface area contributed by atoms with Gasteiger partial charge in [-0.1, -0.05) is 0 Å². The van der Waals surface area contributed by atoms with Gasteiger partial charge in [-0.05, 0) is 6.92 Å². The van der Waals surface area contributed by atoms with Crippen LogP contribution in [-0.2, 0) is 18.9 Å². The molecule has 3 N–H and O–H groups in total. The lowest BCUT2D eigenvalue weighted by atomic mass is 9.90. The van der Waals surface area contributed by atoms with Gasteiger partial charge in [0.25, 0.3) is 0 Å². The molecular weight excluding hydrogens is 227 g/mol. The lowest BCUT2D eigenvalue weighted by molar-refractivity contribution is -0.154. The van der Waals surface area contributed by atoms with Crippen LogP contribution < -0.4 is 0 Å². The molecule has 8 heteroatoms. The van der Waals surface area contributed by atoms with Crippen LogP contribution in [0.15, 0.2) is 0 Å². The standard InChI is InChI=1S/C7H9O7P/c1-3(5(10)11)7(15-14,6(12)13)2-4(8)9/h3H,2H2,1H3,(H,8,9)(H,10,11)(H,12,13). The second kappa shape index (κ2) is 4.84. The summed E-state index contributed by atoms with van der Waals surface area (Å²) in [6, 6.07) is 0. The average molecular weight is 236 g/mol. The van der Waals surface area contributed by atoms with E-state index in [-0.39, 0.29) is 0 Å². The number of carboxylic acid groups (broad SMARTS) is 3. The van der Waals surface area contributed by atoms with Gasteiger partial charge < -0.3 is 15.3 Å². The predicted octanol–water partition coefficient (Wildman–Crippen LogP) is 0.297. The zero-order chi connectivity index (χ0) is 12.2. The Balaban J connectivity index is 5.33. The SMILES string of the molecule is CC(C(=O)O)C(CC(=O)O)(P=O)C(=O)O. The van der Waals surface area contributed by atoms with Crippen molar-refractivity contribution in [1.82, 2.24) is 0 Å². The zero-order valence-electron chi connectivity index (χ0n) is 7.71. The molecule has 0 aliphatic rings. The third-order valence-electron chi connectivity index (χ3n) is 2.04. The summed E-state index contributed by atoms with van der Waals surface area (Å²) in [7, 11) is -1.03. The van der Waals surface area contributed by atoms with Crippen molar-refractivity contribution in [3.05, 3.63) is 0 Å². The van der Waals surface area contributed by atoms with Crippen molar-refractivity contribution in [2.45, 2.75) is 18.5 Å². The smallest absolute Gasteiger partial charge is 0.322 e. The molecule has 0 aromatic rings. The molecule has 0 fully saturated rings. The molecule has 0 aromatic carbocycles. The van der Waals surface area contributed by atoms with E-state index in [9.17, 15) is 18.9 Å². The Morgan fingerprint density at radius 3 is 1.93 bits per heavy atom. The van der Waals surface area contributed by atoms with E-state index in [1.807, 2.05) is 0 Å². The summed E-state index contributed by atoms with van der Waals surface area (Å²) in [6.07, 6.45) is -1.01. The number of aliphatic carboxylic acids is 3. The molecule has 0 aliphatic carbocycles. The highest BCUT2D eigenvalue weighted by molar-refractivity contribution is 7.28. The van der Waals surface area contributed by atoms with Crippen LogP contribution in [0.4, 0.5) is 0 Å². The van der Waals surface area contributed by atoms with Crippen LogP contribution in [0.1, 0.15) is 13.3 Å². The average Bonchev–Trinajstić information content (AvgIpc) is 2.12. The van der Waals surface area contributed by atoms with Crippen molar-refractivity contribution in [2.24, 2.45) is 5.92 Å². The summed E-state index contributed by atoms with van der Waals surface area (Å²) in [5.41, 5.74) is 0. The maximum Gasteiger partial charge on any atom is 0.322 e. The molecule has 84 valence electrons. The van der Waals surface area contributed by atoms with Crippen molar-refractivity contribution in [1.29, 1.82) is 0 Å². The Labute approximate surface area is 85.9 Å². The van der Waals surface area contributed by atoms with Gasteiger partial charge in [-0.2, -0.15) is 0 Å². The van der Waals surface area contributed by atoms with E-state index < -0.39 is 43.9 Å². The fourth-order valence-corrected chi connectivity index (χ4v) is 1.55. The summed E-state index contributed by atoms with van der Waals surface area (Å²) in [5.74, 6) is -6.31. The van der Waals surface area contributed by atoms with Gasteiger partial charge in [-0.3, -0.25) is 18.9 Å². The van der Waals surface area contributed by atoms with Gasteiger partial charge >= 0.3 is 17.9 Å². The molecule has 2 unspecified atom stereocenters. The predicted molar refractivity (Wildman–Crippen MR) is 47.0 cm³/mol. The number of hydrogen-bond donors (Lipinski definition) is 3. The van der Waals surface area contributed by atoms with Gasteiger partial charge in [-0.25, -0.2) is 0 Å². The molecule has 0 rings (SSSR count). The number of hydrogen-bond acceptors (Lipinski definition) is 4. The van der Waals surface area contributed by atoms with Crippen LogP contribution in [0, 0.1) is 5.92 Å². The Hall–Kier alpha value is -1.49. The summed E-state index contributed by atoms with van der Waals surface area (Å²) in [5, 5.41) is 23.5. The quantitative estimate of drug-likeness (QED) is 0.565. The maximum absolute atomic E-state index is 10.8. The molecule has 15 heavy (non-hydrogen) atoms. The molecule has 7 nitrogen and oxygen atoms in total. The summed E-state index contributed by atoms with van der Waals surface area (Å²) in [4.78, 5) is 31.8. The number of carboxylic acids is 3. The van der Waals surface area contributed by atoms with Crippen LogP contribution >= 0.6 is 8.46 Å².